The van der Waals surface area contributed by atoms with E-state index in [0.29, 0.717) is 28.1 Å². The summed E-state index contributed by atoms with van der Waals surface area (Å²) in [6.45, 7) is 4.17. The minimum Gasteiger partial charge on any atom is -0.478 e. The van der Waals surface area contributed by atoms with Crippen LogP contribution >= 0.6 is 0 Å². The van der Waals surface area contributed by atoms with Crippen molar-refractivity contribution in [2.75, 3.05) is 10.6 Å². The van der Waals surface area contributed by atoms with Gasteiger partial charge in [-0.1, -0.05) is 75.4 Å². The lowest BCUT2D eigenvalue weighted by Crippen LogP contribution is -2.16. The number of hydrogen-bond acceptors (Lipinski definition) is 3. The molecule has 1 aliphatic rings. The van der Waals surface area contributed by atoms with Crippen LogP contribution in [0.15, 0.2) is 78.9 Å². The number of rotatable bonds is 6. The topological polar surface area (TPSA) is 95.5 Å². The smallest absolute Gasteiger partial charge is 0.328 e. The van der Waals surface area contributed by atoms with E-state index < -0.39 is 5.97 Å². The summed E-state index contributed by atoms with van der Waals surface area (Å²) in [5.41, 5.74) is 3.46. The van der Waals surface area contributed by atoms with Crippen molar-refractivity contribution < 1.29 is 19.5 Å². The Hall–Kier alpha value is -4.19. The lowest BCUT2D eigenvalue weighted by atomic mass is 9.91. The van der Waals surface area contributed by atoms with E-state index in [0.717, 1.165) is 17.6 Å². The Morgan fingerprint density at radius 2 is 1.43 bits per heavy atom. The van der Waals surface area contributed by atoms with E-state index in [1.807, 2.05) is 25.1 Å². The molecule has 0 atom stereocenters. The molecule has 1 saturated carbocycles. The van der Waals surface area contributed by atoms with Crippen LogP contribution in [0.3, 0.4) is 0 Å². The molecule has 3 N–H and O–H groups in total. The summed E-state index contributed by atoms with van der Waals surface area (Å²) in [6, 6.07) is 20.8. The number of nitrogens with one attached hydrogen (secondary N) is 2. The molecule has 1 aliphatic carbocycles. The fourth-order valence-electron chi connectivity index (χ4n) is 4.08. The standard InChI is InChI=1S/C24H20N2O4.C7H14/c1-16-7-11-18(15-21(16)24(30)26-19-5-3-2-4-6-19)23(29)25-20-12-8-17(9-13-20)10-14-22(27)28;1-7-5-3-2-4-6-7/h2-15H,1H3,(H,25,29)(H,26,30)(H,27,28);7H,2-6H2,1H3/b14-10+;. The molecule has 3 aromatic carbocycles. The molecular weight excluding hydrogens is 464 g/mol. The molecule has 0 saturated heterocycles. The third kappa shape index (κ3) is 9.08. The van der Waals surface area contributed by atoms with Crippen molar-refractivity contribution in [3.63, 3.8) is 0 Å². The average Bonchev–Trinajstić information content (AvgIpc) is 2.90. The Balaban J connectivity index is 0.000000468. The molecule has 2 amide bonds. The van der Waals surface area contributed by atoms with Gasteiger partial charge in [-0.2, -0.15) is 0 Å². The molecule has 0 bridgehead atoms. The first-order chi connectivity index (χ1) is 17.8. The molecule has 192 valence electrons. The number of carbonyl (C=O) groups excluding carboxylic acids is 2. The molecule has 0 aromatic heterocycles. The summed E-state index contributed by atoms with van der Waals surface area (Å²) in [5.74, 6) is -0.631. The van der Waals surface area contributed by atoms with Gasteiger partial charge in [-0.3, -0.25) is 9.59 Å². The summed E-state index contributed by atoms with van der Waals surface area (Å²) >= 11 is 0. The monoisotopic (exact) mass is 498 g/mol. The summed E-state index contributed by atoms with van der Waals surface area (Å²) in [7, 11) is 0. The fourth-order valence-corrected chi connectivity index (χ4v) is 4.08. The summed E-state index contributed by atoms with van der Waals surface area (Å²) in [4.78, 5) is 35.8. The summed E-state index contributed by atoms with van der Waals surface area (Å²) in [5, 5.41) is 14.3. The average molecular weight is 499 g/mol. The molecule has 0 radical (unpaired) electrons. The maximum atomic E-state index is 12.6. The number of aliphatic carboxylic acids is 1. The van der Waals surface area contributed by atoms with Crippen molar-refractivity contribution in [1.29, 1.82) is 0 Å². The van der Waals surface area contributed by atoms with Crippen molar-refractivity contribution in [2.24, 2.45) is 5.92 Å². The van der Waals surface area contributed by atoms with Crippen molar-refractivity contribution in [2.45, 2.75) is 46.0 Å². The van der Waals surface area contributed by atoms with Crippen molar-refractivity contribution >= 4 is 35.2 Å². The molecule has 37 heavy (non-hydrogen) atoms. The van der Waals surface area contributed by atoms with Gasteiger partial charge >= 0.3 is 5.97 Å². The number of benzene rings is 3. The lowest BCUT2D eigenvalue weighted by molar-refractivity contribution is -0.131. The number of carbonyl (C=O) groups is 3. The van der Waals surface area contributed by atoms with Crippen LogP contribution in [0.4, 0.5) is 11.4 Å². The first kappa shape index (κ1) is 27.4. The number of para-hydroxylation sites is 1. The van der Waals surface area contributed by atoms with E-state index >= 15 is 0 Å². The lowest BCUT2D eigenvalue weighted by Gasteiger charge is -2.15. The highest BCUT2D eigenvalue weighted by atomic mass is 16.4. The number of aryl methyl sites for hydroxylation is 1. The van der Waals surface area contributed by atoms with E-state index in [1.165, 1.54) is 38.2 Å². The molecule has 3 aromatic rings. The van der Waals surface area contributed by atoms with Gasteiger partial charge in [0.25, 0.3) is 11.8 Å². The fraction of sp³-hybridized carbons (Fsp3) is 0.258. The molecule has 0 heterocycles. The van der Waals surface area contributed by atoms with Gasteiger partial charge in [0.05, 0.1) is 0 Å². The van der Waals surface area contributed by atoms with E-state index in [4.69, 9.17) is 5.11 Å². The van der Waals surface area contributed by atoms with E-state index in [-0.39, 0.29) is 11.8 Å². The molecule has 6 nitrogen and oxygen atoms in total. The largest absolute Gasteiger partial charge is 0.478 e. The summed E-state index contributed by atoms with van der Waals surface area (Å²) in [6.07, 6.45) is 9.94. The van der Waals surface area contributed by atoms with Crippen LogP contribution in [-0.2, 0) is 4.79 Å². The Kier molecular flexibility index (Phi) is 10.2. The molecule has 6 heteroatoms. The van der Waals surface area contributed by atoms with Crippen LogP contribution in [0.1, 0.15) is 70.9 Å². The van der Waals surface area contributed by atoms with Crippen LogP contribution < -0.4 is 10.6 Å². The van der Waals surface area contributed by atoms with Crippen LogP contribution in [-0.4, -0.2) is 22.9 Å². The third-order valence-corrected chi connectivity index (χ3v) is 6.26. The molecular formula is C31H34N2O4. The molecule has 0 spiro atoms. The minimum atomic E-state index is -1.03. The van der Waals surface area contributed by atoms with Crippen LogP contribution in [0.25, 0.3) is 6.08 Å². The summed E-state index contributed by atoms with van der Waals surface area (Å²) < 4.78 is 0. The third-order valence-electron chi connectivity index (χ3n) is 6.26. The van der Waals surface area contributed by atoms with Crippen molar-refractivity contribution in [1.82, 2.24) is 0 Å². The Labute approximate surface area is 218 Å². The minimum absolute atomic E-state index is 0.289. The normalized spacial score (nSPS) is 13.4. The number of amides is 2. The number of carboxylic acid groups (broad SMARTS) is 1. The van der Waals surface area contributed by atoms with Gasteiger partial charge in [0.2, 0.25) is 0 Å². The second-order valence-electron chi connectivity index (χ2n) is 9.34. The predicted octanol–water partition coefficient (Wildman–Crippen LogP) is 7.18. The maximum Gasteiger partial charge on any atom is 0.328 e. The Bertz CT molecular complexity index is 1230. The second kappa shape index (κ2) is 13.8. The number of hydrogen-bond donors (Lipinski definition) is 3. The first-order valence-electron chi connectivity index (χ1n) is 12.6. The quantitative estimate of drug-likeness (QED) is 0.314. The van der Waals surface area contributed by atoms with Gasteiger partial charge in [-0.15, -0.1) is 0 Å². The van der Waals surface area contributed by atoms with Gasteiger partial charge in [0.15, 0.2) is 0 Å². The van der Waals surface area contributed by atoms with Crippen LogP contribution in [0.5, 0.6) is 0 Å². The SMILES string of the molecule is CC1CCCCC1.Cc1ccc(C(=O)Nc2ccc(/C=C/C(=O)O)cc2)cc1C(=O)Nc1ccccc1. The molecule has 0 unspecified atom stereocenters. The van der Waals surface area contributed by atoms with Gasteiger partial charge in [-0.25, -0.2) is 4.79 Å². The van der Waals surface area contributed by atoms with E-state index in [2.05, 4.69) is 17.6 Å². The molecule has 4 rings (SSSR count). The van der Waals surface area contributed by atoms with Crippen LogP contribution in [0, 0.1) is 12.8 Å². The van der Waals surface area contributed by atoms with Crippen molar-refractivity contribution in [3.8, 4) is 0 Å². The Morgan fingerprint density at radius 3 is 2.03 bits per heavy atom. The van der Waals surface area contributed by atoms with Gasteiger partial charge in [-0.05, 0) is 66.4 Å². The van der Waals surface area contributed by atoms with Crippen LogP contribution in [0.2, 0.25) is 0 Å². The highest BCUT2D eigenvalue weighted by molar-refractivity contribution is 6.09. The highest BCUT2D eigenvalue weighted by Crippen LogP contribution is 2.22. The predicted molar refractivity (Wildman–Crippen MR) is 149 cm³/mol. The second-order valence-corrected chi connectivity index (χ2v) is 9.34. The molecule has 0 aliphatic heterocycles. The van der Waals surface area contributed by atoms with Crippen molar-refractivity contribution in [3.05, 3.63) is 101 Å². The zero-order chi connectivity index (χ0) is 26.6. The maximum absolute atomic E-state index is 12.6. The zero-order valence-electron chi connectivity index (χ0n) is 21.4. The number of carboxylic acids is 1. The zero-order valence-corrected chi connectivity index (χ0v) is 21.4. The highest BCUT2D eigenvalue weighted by Gasteiger charge is 2.14. The van der Waals surface area contributed by atoms with Gasteiger partial charge in [0.1, 0.15) is 0 Å². The van der Waals surface area contributed by atoms with E-state index in [1.54, 1.807) is 54.6 Å². The number of anilines is 2. The Morgan fingerprint density at radius 1 is 0.811 bits per heavy atom. The van der Waals surface area contributed by atoms with Gasteiger partial charge < -0.3 is 15.7 Å². The van der Waals surface area contributed by atoms with Gasteiger partial charge in [0, 0.05) is 28.6 Å². The first-order valence-corrected chi connectivity index (χ1v) is 12.6. The van der Waals surface area contributed by atoms with E-state index in [9.17, 15) is 14.4 Å². The molecule has 1 fully saturated rings.